The molecule has 102 valence electrons. The molecule has 2 saturated heterocycles. The van der Waals surface area contributed by atoms with Gasteiger partial charge in [0.05, 0.1) is 6.10 Å². The summed E-state index contributed by atoms with van der Waals surface area (Å²) in [4.78, 5) is 18.0. The molecule has 0 saturated carbocycles. The van der Waals surface area contributed by atoms with E-state index in [0.29, 0.717) is 24.5 Å². The normalized spacial score (nSPS) is 23.2. The number of ether oxygens (including phenoxy) is 1. The highest BCUT2D eigenvalue weighted by molar-refractivity contribution is 7.99. The minimum Gasteiger partial charge on any atom is -0.473 e. The van der Waals surface area contributed by atoms with Gasteiger partial charge in [0.1, 0.15) is 11.7 Å². The molecule has 0 radical (unpaired) electrons. The summed E-state index contributed by atoms with van der Waals surface area (Å²) in [7, 11) is 0. The summed E-state index contributed by atoms with van der Waals surface area (Å²) < 4.78 is 5.83. The quantitative estimate of drug-likeness (QED) is 0.886. The number of carbonyl (C=O) groups excluding carboxylic acids is 1. The lowest BCUT2D eigenvalue weighted by atomic mass is 10.1. The molecule has 0 spiro atoms. The number of pyridine rings is 1. The lowest BCUT2D eigenvalue weighted by molar-refractivity contribution is 0.00550. The number of aromatic nitrogens is 1. The van der Waals surface area contributed by atoms with E-state index < -0.39 is 6.10 Å². The van der Waals surface area contributed by atoms with Crippen LogP contribution in [0.25, 0.3) is 0 Å². The number of hydrogen-bond acceptors (Lipinski definition) is 5. The predicted molar refractivity (Wildman–Crippen MR) is 72.5 cm³/mol. The molecule has 1 aromatic rings. The average molecular weight is 280 g/mol. The standard InChI is InChI=1S/C13H16N2O3S/c16-9-6-15(7-9)13(17)11-2-1-4-14-12(11)18-10-3-5-19-8-10/h1-2,4,9-10,16H,3,5-8H2. The third kappa shape index (κ3) is 2.69. The summed E-state index contributed by atoms with van der Waals surface area (Å²) in [6, 6.07) is 3.47. The van der Waals surface area contributed by atoms with Crippen molar-refractivity contribution < 1.29 is 14.6 Å². The van der Waals surface area contributed by atoms with Crippen molar-refractivity contribution in [2.75, 3.05) is 24.6 Å². The molecular formula is C13H16N2O3S. The van der Waals surface area contributed by atoms with Crippen molar-refractivity contribution in [1.82, 2.24) is 9.88 Å². The van der Waals surface area contributed by atoms with Crippen molar-refractivity contribution in [2.24, 2.45) is 0 Å². The molecule has 2 fully saturated rings. The number of hydrogen-bond donors (Lipinski definition) is 1. The Bertz CT molecular complexity index is 471. The largest absolute Gasteiger partial charge is 0.473 e. The molecule has 1 N–H and O–H groups in total. The second-order valence-corrected chi connectivity index (χ2v) is 5.97. The van der Waals surface area contributed by atoms with Gasteiger partial charge in [-0.2, -0.15) is 11.8 Å². The molecule has 2 aliphatic rings. The number of thioether (sulfide) groups is 1. The van der Waals surface area contributed by atoms with Gasteiger partial charge in [-0.3, -0.25) is 4.79 Å². The maximum Gasteiger partial charge on any atom is 0.259 e. The van der Waals surface area contributed by atoms with E-state index in [1.54, 1.807) is 23.2 Å². The van der Waals surface area contributed by atoms with Gasteiger partial charge in [-0.15, -0.1) is 0 Å². The van der Waals surface area contributed by atoms with Gasteiger partial charge in [-0.25, -0.2) is 4.98 Å². The van der Waals surface area contributed by atoms with Crippen LogP contribution in [0.4, 0.5) is 0 Å². The first-order valence-electron chi connectivity index (χ1n) is 6.41. The number of nitrogens with zero attached hydrogens (tertiary/aromatic N) is 2. The zero-order valence-electron chi connectivity index (χ0n) is 10.5. The van der Waals surface area contributed by atoms with Crippen molar-refractivity contribution in [3.63, 3.8) is 0 Å². The fourth-order valence-electron chi connectivity index (χ4n) is 2.20. The highest BCUT2D eigenvalue weighted by atomic mass is 32.2. The fraction of sp³-hybridized carbons (Fsp3) is 0.538. The van der Waals surface area contributed by atoms with E-state index in [0.717, 1.165) is 17.9 Å². The predicted octanol–water partition coefficient (Wildman–Crippen LogP) is 0.783. The van der Waals surface area contributed by atoms with Crippen molar-refractivity contribution in [3.8, 4) is 5.88 Å². The molecule has 3 rings (SSSR count). The van der Waals surface area contributed by atoms with Gasteiger partial charge in [0.2, 0.25) is 5.88 Å². The highest BCUT2D eigenvalue weighted by Crippen LogP contribution is 2.25. The first-order valence-corrected chi connectivity index (χ1v) is 7.56. The van der Waals surface area contributed by atoms with E-state index in [1.807, 2.05) is 11.8 Å². The zero-order valence-corrected chi connectivity index (χ0v) is 11.3. The molecule has 1 amide bonds. The Hall–Kier alpha value is -1.27. The maximum atomic E-state index is 12.3. The molecule has 5 nitrogen and oxygen atoms in total. The minimum absolute atomic E-state index is 0.112. The van der Waals surface area contributed by atoms with Crippen LogP contribution in [-0.4, -0.2) is 57.7 Å². The summed E-state index contributed by atoms with van der Waals surface area (Å²) in [5.74, 6) is 2.35. The van der Waals surface area contributed by atoms with E-state index in [4.69, 9.17) is 4.74 Å². The van der Waals surface area contributed by atoms with E-state index in [-0.39, 0.29) is 12.0 Å². The van der Waals surface area contributed by atoms with E-state index in [1.165, 1.54) is 0 Å². The van der Waals surface area contributed by atoms with Crippen molar-refractivity contribution in [3.05, 3.63) is 23.9 Å². The summed E-state index contributed by atoms with van der Waals surface area (Å²) in [6.07, 6.45) is 2.39. The van der Waals surface area contributed by atoms with Crippen LogP contribution in [0.3, 0.4) is 0 Å². The van der Waals surface area contributed by atoms with Crippen molar-refractivity contribution >= 4 is 17.7 Å². The lowest BCUT2D eigenvalue weighted by Gasteiger charge is -2.36. The Morgan fingerprint density at radius 3 is 3.05 bits per heavy atom. The molecule has 0 aromatic carbocycles. The SMILES string of the molecule is O=C(c1cccnc1OC1CCSC1)N1CC(O)C1. The number of likely N-dealkylation sites (tertiary alicyclic amines) is 1. The maximum absolute atomic E-state index is 12.3. The van der Waals surface area contributed by atoms with E-state index >= 15 is 0 Å². The number of β-amino-alcohol motifs (C(OH)–C–C–N with tert-alkyl or cyclic N) is 1. The Morgan fingerprint density at radius 1 is 1.53 bits per heavy atom. The second kappa shape index (κ2) is 5.38. The summed E-state index contributed by atoms with van der Waals surface area (Å²) in [5.41, 5.74) is 0.492. The second-order valence-electron chi connectivity index (χ2n) is 4.82. The topological polar surface area (TPSA) is 62.7 Å². The zero-order chi connectivity index (χ0) is 13.2. The molecular weight excluding hydrogens is 264 g/mol. The first kappa shape index (κ1) is 12.7. The number of rotatable bonds is 3. The van der Waals surface area contributed by atoms with Crippen LogP contribution < -0.4 is 4.74 Å². The van der Waals surface area contributed by atoms with Gasteiger partial charge < -0.3 is 14.7 Å². The Labute approximate surface area is 116 Å². The fourth-order valence-corrected chi connectivity index (χ4v) is 3.30. The van der Waals surface area contributed by atoms with Crippen LogP contribution in [-0.2, 0) is 0 Å². The molecule has 6 heteroatoms. The molecule has 1 aromatic heterocycles. The molecule has 1 atom stereocenters. The Kier molecular flexibility index (Phi) is 3.61. The van der Waals surface area contributed by atoms with E-state index in [2.05, 4.69) is 4.98 Å². The molecule has 0 aliphatic carbocycles. The number of aliphatic hydroxyl groups is 1. The monoisotopic (exact) mass is 280 g/mol. The first-order chi connectivity index (χ1) is 9.24. The number of amides is 1. The number of carbonyl (C=O) groups is 1. The van der Waals surface area contributed by atoms with Gasteiger partial charge in [-0.05, 0) is 24.3 Å². The van der Waals surface area contributed by atoms with Crippen LogP contribution in [0.5, 0.6) is 5.88 Å². The number of aliphatic hydroxyl groups excluding tert-OH is 1. The Morgan fingerprint density at radius 2 is 2.37 bits per heavy atom. The van der Waals surface area contributed by atoms with E-state index in [9.17, 15) is 9.90 Å². The van der Waals surface area contributed by atoms with Gasteiger partial charge in [0, 0.05) is 25.0 Å². The summed E-state index contributed by atoms with van der Waals surface area (Å²) in [6.45, 7) is 0.791. The van der Waals surface area contributed by atoms with Crippen molar-refractivity contribution in [2.45, 2.75) is 18.6 Å². The van der Waals surface area contributed by atoms with Crippen LogP contribution in [0.15, 0.2) is 18.3 Å². The smallest absolute Gasteiger partial charge is 0.259 e. The lowest BCUT2D eigenvalue weighted by Crippen LogP contribution is -2.53. The summed E-state index contributed by atoms with van der Waals surface area (Å²) in [5, 5.41) is 9.27. The van der Waals surface area contributed by atoms with Gasteiger partial charge in [0.15, 0.2) is 0 Å². The minimum atomic E-state index is -0.392. The third-order valence-electron chi connectivity index (χ3n) is 3.32. The highest BCUT2D eigenvalue weighted by Gasteiger charge is 2.31. The Balaban J connectivity index is 1.74. The van der Waals surface area contributed by atoms with Crippen LogP contribution in [0.2, 0.25) is 0 Å². The van der Waals surface area contributed by atoms with Gasteiger partial charge >= 0.3 is 0 Å². The molecule has 1 unspecified atom stereocenters. The van der Waals surface area contributed by atoms with Crippen molar-refractivity contribution in [1.29, 1.82) is 0 Å². The molecule has 3 heterocycles. The van der Waals surface area contributed by atoms with Gasteiger partial charge in [0.25, 0.3) is 5.91 Å². The molecule has 2 aliphatic heterocycles. The summed E-state index contributed by atoms with van der Waals surface area (Å²) >= 11 is 1.86. The van der Waals surface area contributed by atoms with Crippen LogP contribution in [0.1, 0.15) is 16.8 Å². The third-order valence-corrected chi connectivity index (χ3v) is 4.45. The average Bonchev–Trinajstić information content (AvgIpc) is 2.88. The van der Waals surface area contributed by atoms with Crippen LogP contribution >= 0.6 is 11.8 Å². The van der Waals surface area contributed by atoms with Gasteiger partial charge in [-0.1, -0.05) is 0 Å². The van der Waals surface area contributed by atoms with Crippen LogP contribution in [0, 0.1) is 0 Å². The molecule has 0 bridgehead atoms. The molecule has 19 heavy (non-hydrogen) atoms.